The van der Waals surface area contributed by atoms with Gasteiger partial charge >= 0.3 is 12.1 Å². The second-order valence-corrected chi connectivity index (χ2v) is 11.7. The molecule has 9 nitrogen and oxygen atoms in total. The van der Waals surface area contributed by atoms with Gasteiger partial charge in [0.2, 0.25) is 5.91 Å². The molecule has 9 heteroatoms. The summed E-state index contributed by atoms with van der Waals surface area (Å²) >= 11 is 0. The summed E-state index contributed by atoms with van der Waals surface area (Å²) in [6.07, 6.45) is 7.03. The largest absolute Gasteiger partial charge is 0.444 e. The van der Waals surface area contributed by atoms with E-state index in [1.54, 1.807) is 4.90 Å². The molecule has 3 heterocycles. The minimum Gasteiger partial charge on any atom is -0.444 e. The third kappa shape index (κ3) is 5.92. The number of nitrogens with one attached hydrogen (secondary N) is 1. The van der Waals surface area contributed by atoms with Crippen LogP contribution in [-0.2, 0) is 9.53 Å². The minimum absolute atomic E-state index is 0.201. The normalized spacial score (nSPS) is 23.9. The van der Waals surface area contributed by atoms with E-state index in [4.69, 9.17) is 4.74 Å². The zero-order valence-electron chi connectivity index (χ0n) is 22.2. The molecular weight excluding hydrogens is 470 g/mol. The lowest BCUT2D eigenvalue weighted by Gasteiger charge is -2.38. The van der Waals surface area contributed by atoms with Crippen molar-refractivity contribution in [2.45, 2.75) is 64.5 Å². The summed E-state index contributed by atoms with van der Waals surface area (Å²) in [5, 5.41) is 3.52. The van der Waals surface area contributed by atoms with Crippen molar-refractivity contribution in [3.05, 3.63) is 30.5 Å². The first-order valence-corrected chi connectivity index (χ1v) is 13.6. The van der Waals surface area contributed by atoms with Crippen LogP contribution in [-0.4, -0.2) is 77.3 Å². The quantitative estimate of drug-likeness (QED) is 0.661. The maximum atomic E-state index is 12.3. The summed E-state index contributed by atoms with van der Waals surface area (Å²) in [4.78, 5) is 42.0. The highest BCUT2D eigenvalue weighted by molar-refractivity contribution is 6.06. The number of ether oxygens (including phenoxy) is 1. The Morgan fingerprint density at radius 2 is 1.73 bits per heavy atom. The number of fused-ring (bicyclic) bond motifs is 1. The Kier molecular flexibility index (Phi) is 7.16. The number of imide groups is 1. The minimum atomic E-state index is -0.453. The molecule has 3 fully saturated rings. The van der Waals surface area contributed by atoms with Crippen LogP contribution >= 0.6 is 0 Å². The van der Waals surface area contributed by atoms with Gasteiger partial charge in [-0.2, -0.15) is 0 Å². The Labute approximate surface area is 218 Å². The number of carbonyl (C=O) groups is 3. The van der Waals surface area contributed by atoms with Crippen LogP contribution < -0.4 is 10.2 Å². The summed E-state index contributed by atoms with van der Waals surface area (Å²) in [6.45, 7) is 10.5. The van der Waals surface area contributed by atoms with Crippen molar-refractivity contribution in [2.24, 2.45) is 5.92 Å². The Morgan fingerprint density at radius 3 is 2.41 bits per heavy atom. The van der Waals surface area contributed by atoms with Gasteiger partial charge in [-0.05, 0) is 76.6 Å². The van der Waals surface area contributed by atoms with Crippen LogP contribution in [0.15, 0.2) is 30.5 Å². The maximum Gasteiger partial charge on any atom is 0.410 e. The van der Waals surface area contributed by atoms with Crippen LogP contribution in [0.4, 0.5) is 15.3 Å². The van der Waals surface area contributed by atoms with Crippen molar-refractivity contribution in [1.29, 1.82) is 0 Å². The molecule has 0 unspecified atom stereocenters. The van der Waals surface area contributed by atoms with E-state index in [1.807, 2.05) is 37.8 Å². The monoisotopic (exact) mass is 509 g/mol. The lowest BCUT2D eigenvalue weighted by atomic mass is 9.85. The summed E-state index contributed by atoms with van der Waals surface area (Å²) in [7, 11) is 0. The number of piperazine rings is 1. The highest BCUT2D eigenvalue weighted by atomic mass is 16.6. The molecule has 4 amide bonds. The molecule has 2 saturated heterocycles. The molecule has 5 rings (SSSR count). The van der Waals surface area contributed by atoms with Crippen molar-refractivity contribution in [3.8, 4) is 0 Å². The number of rotatable bonds is 4. The second kappa shape index (κ2) is 10.4. The van der Waals surface area contributed by atoms with E-state index < -0.39 is 5.60 Å². The Bertz CT molecular complexity index is 1150. The van der Waals surface area contributed by atoms with E-state index in [0.29, 0.717) is 24.9 Å². The number of carbonyl (C=O) groups excluding carboxylic acids is 3. The van der Waals surface area contributed by atoms with Gasteiger partial charge in [-0.3, -0.25) is 19.9 Å². The van der Waals surface area contributed by atoms with E-state index in [0.717, 1.165) is 56.6 Å². The van der Waals surface area contributed by atoms with Crippen molar-refractivity contribution < 1.29 is 19.1 Å². The molecule has 0 spiro atoms. The fraction of sp³-hybridized carbons (Fsp3) is 0.607. The topological polar surface area (TPSA) is 87.1 Å². The molecule has 3 aliphatic rings. The number of anilines is 1. The van der Waals surface area contributed by atoms with Crippen LogP contribution in [0.5, 0.6) is 0 Å². The van der Waals surface area contributed by atoms with Crippen molar-refractivity contribution in [1.82, 2.24) is 19.7 Å². The van der Waals surface area contributed by atoms with E-state index in [2.05, 4.69) is 33.1 Å². The molecule has 0 bridgehead atoms. The van der Waals surface area contributed by atoms with Crippen LogP contribution in [0.1, 0.15) is 58.9 Å². The standard InChI is InChI=1S/C28H39N5O4/c1-28(2,3)37-27(36)31-16-14-30(15-17-31)19-20-4-6-22(7-5-20)32-12-10-21-18-23(8-9-24(21)32)33-13-11-25(34)29-26(33)35/h8-10,12,18,20,22H,4-7,11,13-17,19H2,1-3H3,(H,29,34,35). The molecule has 0 atom stereocenters. The SMILES string of the molecule is CC(C)(C)OC(=O)N1CCN(CC2CCC(n3ccc4cc(N5CCC(=O)NC5=O)ccc43)CC2)CC1. The van der Waals surface area contributed by atoms with Gasteiger partial charge in [0.05, 0.1) is 0 Å². The highest BCUT2D eigenvalue weighted by Crippen LogP contribution is 2.36. The zero-order chi connectivity index (χ0) is 26.2. The summed E-state index contributed by atoms with van der Waals surface area (Å²) in [5.74, 6) is 0.477. The first kappa shape index (κ1) is 25.6. The average molecular weight is 510 g/mol. The number of amides is 4. The molecule has 1 N–H and O–H groups in total. The molecule has 1 saturated carbocycles. The van der Waals surface area contributed by atoms with Gasteiger partial charge in [0.1, 0.15) is 5.60 Å². The number of urea groups is 1. The van der Waals surface area contributed by atoms with E-state index in [-0.39, 0.29) is 18.0 Å². The number of hydrogen-bond acceptors (Lipinski definition) is 5. The Hall–Kier alpha value is -3.07. The van der Waals surface area contributed by atoms with Crippen LogP contribution in [0, 0.1) is 5.92 Å². The third-order valence-electron chi connectivity index (χ3n) is 7.82. The fourth-order valence-corrected chi connectivity index (χ4v) is 5.86. The van der Waals surface area contributed by atoms with Crippen LogP contribution in [0.25, 0.3) is 10.9 Å². The lowest BCUT2D eigenvalue weighted by molar-refractivity contribution is -0.120. The van der Waals surface area contributed by atoms with Gasteiger partial charge in [0.25, 0.3) is 0 Å². The summed E-state index contributed by atoms with van der Waals surface area (Å²) in [6, 6.07) is 8.40. The molecular formula is C28H39N5O4. The highest BCUT2D eigenvalue weighted by Gasteiger charge is 2.29. The summed E-state index contributed by atoms with van der Waals surface area (Å²) < 4.78 is 7.92. The van der Waals surface area contributed by atoms with E-state index >= 15 is 0 Å². The molecule has 1 aromatic heterocycles. The number of aromatic nitrogens is 1. The van der Waals surface area contributed by atoms with Gasteiger partial charge in [0.15, 0.2) is 0 Å². The molecule has 2 aliphatic heterocycles. The third-order valence-corrected chi connectivity index (χ3v) is 7.82. The fourth-order valence-electron chi connectivity index (χ4n) is 5.86. The van der Waals surface area contributed by atoms with Crippen molar-refractivity contribution in [2.75, 3.05) is 44.2 Å². The predicted molar refractivity (Wildman–Crippen MR) is 143 cm³/mol. The van der Waals surface area contributed by atoms with Gasteiger partial charge in [-0.15, -0.1) is 0 Å². The Balaban J connectivity index is 1.12. The van der Waals surface area contributed by atoms with Gasteiger partial charge in [0, 0.05) is 74.5 Å². The van der Waals surface area contributed by atoms with Gasteiger partial charge in [-0.1, -0.05) is 0 Å². The molecule has 0 radical (unpaired) electrons. The predicted octanol–water partition coefficient (Wildman–Crippen LogP) is 4.37. The molecule has 1 aliphatic carbocycles. The van der Waals surface area contributed by atoms with Crippen LogP contribution in [0.3, 0.4) is 0 Å². The van der Waals surface area contributed by atoms with Crippen LogP contribution in [0.2, 0.25) is 0 Å². The molecule has 37 heavy (non-hydrogen) atoms. The number of hydrogen-bond donors (Lipinski definition) is 1. The second-order valence-electron chi connectivity index (χ2n) is 11.7. The zero-order valence-corrected chi connectivity index (χ0v) is 22.2. The average Bonchev–Trinajstić information content (AvgIpc) is 3.27. The molecule has 2 aromatic rings. The van der Waals surface area contributed by atoms with Gasteiger partial charge < -0.3 is 14.2 Å². The van der Waals surface area contributed by atoms with Crippen molar-refractivity contribution >= 4 is 34.6 Å². The van der Waals surface area contributed by atoms with Gasteiger partial charge in [-0.25, -0.2) is 9.59 Å². The smallest absolute Gasteiger partial charge is 0.410 e. The van der Waals surface area contributed by atoms with Crippen molar-refractivity contribution in [3.63, 3.8) is 0 Å². The molecule has 200 valence electrons. The number of nitrogens with zero attached hydrogens (tertiary/aromatic N) is 4. The first-order chi connectivity index (χ1) is 17.7. The van der Waals surface area contributed by atoms with E-state index in [9.17, 15) is 14.4 Å². The maximum absolute atomic E-state index is 12.3. The lowest BCUT2D eigenvalue weighted by Crippen LogP contribution is -2.51. The number of benzene rings is 1. The first-order valence-electron chi connectivity index (χ1n) is 13.6. The Morgan fingerprint density at radius 1 is 1.00 bits per heavy atom. The summed E-state index contributed by atoms with van der Waals surface area (Å²) in [5.41, 5.74) is 1.57. The molecule has 1 aromatic carbocycles. The van der Waals surface area contributed by atoms with E-state index in [1.165, 1.54) is 18.4 Å².